The molecule has 27 heavy (non-hydrogen) atoms. The summed E-state index contributed by atoms with van der Waals surface area (Å²) in [5.74, 6) is 0.805. The van der Waals surface area contributed by atoms with E-state index in [0.717, 1.165) is 26.9 Å². The number of aliphatic hydroxyl groups excluding tert-OH is 1. The fraction of sp³-hybridized carbons (Fsp3) is 0.182. The van der Waals surface area contributed by atoms with E-state index < -0.39 is 6.10 Å². The summed E-state index contributed by atoms with van der Waals surface area (Å²) >= 11 is 9.54. The van der Waals surface area contributed by atoms with Crippen LogP contribution in [0.1, 0.15) is 22.8 Å². The van der Waals surface area contributed by atoms with Crippen molar-refractivity contribution in [1.29, 1.82) is 0 Å². The molecule has 0 unspecified atom stereocenters. The van der Waals surface area contributed by atoms with Crippen molar-refractivity contribution in [3.05, 3.63) is 99.0 Å². The fourth-order valence-electron chi connectivity index (χ4n) is 2.75. The normalized spacial score (nSPS) is 12.0. The first kappa shape index (κ1) is 19.9. The van der Waals surface area contributed by atoms with Gasteiger partial charge in [-0.3, -0.25) is 0 Å². The third-order valence-electron chi connectivity index (χ3n) is 4.14. The zero-order valence-electron chi connectivity index (χ0n) is 14.7. The molecule has 0 fully saturated rings. The molecule has 3 aromatic rings. The Balaban J connectivity index is 1.60. The monoisotopic (exact) mass is 445 g/mol. The standard InChI is InChI=1S/C22H21BrClNO2/c23-19-9-10-22(27-15-16-5-4-8-20(24)11-16)18(12-19)13-25-14-21(26)17-6-2-1-3-7-17/h1-12,21,25-26H,13-15H2/t21-/m0/s1. The maximum atomic E-state index is 10.3. The molecule has 0 heterocycles. The largest absolute Gasteiger partial charge is 0.489 e. The van der Waals surface area contributed by atoms with Gasteiger partial charge in [0.15, 0.2) is 0 Å². The Hall–Kier alpha value is -1.85. The molecule has 0 aromatic heterocycles. The lowest BCUT2D eigenvalue weighted by atomic mass is 10.1. The van der Waals surface area contributed by atoms with E-state index in [1.807, 2.05) is 72.8 Å². The Morgan fingerprint density at radius 1 is 1.00 bits per heavy atom. The smallest absolute Gasteiger partial charge is 0.124 e. The summed E-state index contributed by atoms with van der Waals surface area (Å²) in [7, 11) is 0. The molecule has 0 amide bonds. The second-order valence-electron chi connectivity index (χ2n) is 6.23. The van der Waals surface area contributed by atoms with Crippen LogP contribution in [0.25, 0.3) is 0 Å². The van der Waals surface area contributed by atoms with Gasteiger partial charge in [-0.15, -0.1) is 0 Å². The van der Waals surface area contributed by atoms with Crippen molar-refractivity contribution >= 4 is 27.5 Å². The van der Waals surface area contributed by atoms with Gasteiger partial charge in [-0.25, -0.2) is 0 Å². The summed E-state index contributed by atoms with van der Waals surface area (Å²) in [5.41, 5.74) is 2.94. The van der Waals surface area contributed by atoms with Gasteiger partial charge in [0.1, 0.15) is 12.4 Å². The Morgan fingerprint density at radius 2 is 1.81 bits per heavy atom. The molecule has 0 aliphatic rings. The van der Waals surface area contributed by atoms with Gasteiger partial charge in [-0.2, -0.15) is 0 Å². The van der Waals surface area contributed by atoms with Crippen molar-refractivity contribution in [2.45, 2.75) is 19.3 Å². The minimum Gasteiger partial charge on any atom is -0.489 e. The summed E-state index contributed by atoms with van der Waals surface area (Å²) in [4.78, 5) is 0. The lowest BCUT2D eigenvalue weighted by Gasteiger charge is -2.15. The topological polar surface area (TPSA) is 41.5 Å². The fourth-order valence-corrected chi connectivity index (χ4v) is 3.37. The van der Waals surface area contributed by atoms with Crippen LogP contribution in [0.2, 0.25) is 5.02 Å². The molecule has 3 nitrogen and oxygen atoms in total. The van der Waals surface area contributed by atoms with Gasteiger partial charge in [-0.1, -0.05) is 70.0 Å². The predicted octanol–water partition coefficient (Wildman–Crippen LogP) is 5.50. The molecule has 0 aliphatic carbocycles. The number of benzene rings is 3. The van der Waals surface area contributed by atoms with E-state index in [2.05, 4.69) is 21.2 Å². The Labute approximate surface area is 173 Å². The van der Waals surface area contributed by atoms with Gasteiger partial charge in [0.05, 0.1) is 6.10 Å². The first-order valence-electron chi connectivity index (χ1n) is 8.71. The van der Waals surface area contributed by atoms with Gasteiger partial charge < -0.3 is 15.2 Å². The lowest BCUT2D eigenvalue weighted by Crippen LogP contribution is -2.21. The first-order valence-corrected chi connectivity index (χ1v) is 9.88. The van der Waals surface area contributed by atoms with Gasteiger partial charge in [0, 0.05) is 28.1 Å². The van der Waals surface area contributed by atoms with Crippen LogP contribution in [0.3, 0.4) is 0 Å². The third kappa shape index (κ3) is 6.08. The number of nitrogens with one attached hydrogen (secondary N) is 1. The highest BCUT2D eigenvalue weighted by Gasteiger charge is 2.09. The maximum Gasteiger partial charge on any atom is 0.124 e. The average Bonchev–Trinajstić information content (AvgIpc) is 2.68. The number of hydrogen-bond acceptors (Lipinski definition) is 3. The van der Waals surface area contributed by atoms with E-state index in [1.165, 1.54) is 0 Å². The summed E-state index contributed by atoms with van der Waals surface area (Å²) in [6.07, 6.45) is -0.547. The molecule has 0 bridgehead atoms. The molecule has 0 radical (unpaired) electrons. The Morgan fingerprint density at radius 3 is 2.59 bits per heavy atom. The van der Waals surface area contributed by atoms with Crippen molar-refractivity contribution in [2.24, 2.45) is 0 Å². The van der Waals surface area contributed by atoms with Crippen molar-refractivity contribution in [3.8, 4) is 5.75 Å². The summed E-state index contributed by atoms with van der Waals surface area (Å²) < 4.78 is 6.98. The lowest BCUT2D eigenvalue weighted by molar-refractivity contribution is 0.174. The van der Waals surface area contributed by atoms with E-state index in [0.29, 0.717) is 24.7 Å². The van der Waals surface area contributed by atoms with Gasteiger partial charge in [0.2, 0.25) is 0 Å². The van der Waals surface area contributed by atoms with Crippen LogP contribution >= 0.6 is 27.5 Å². The van der Waals surface area contributed by atoms with E-state index in [9.17, 15) is 5.11 Å². The highest BCUT2D eigenvalue weighted by Crippen LogP contribution is 2.25. The molecule has 2 N–H and O–H groups in total. The Kier molecular flexibility index (Phi) is 7.30. The van der Waals surface area contributed by atoms with Crippen molar-refractivity contribution < 1.29 is 9.84 Å². The molecular weight excluding hydrogens is 426 g/mol. The van der Waals surface area contributed by atoms with E-state index in [4.69, 9.17) is 16.3 Å². The van der Waals surface area contributed by atoms with Crippen LogP contribution in [0.4, 0.5) is 0 Å². The summed E-state index contributed by atoms with van der Waals surface area (Å²) in [5, 5.41) is 14.3. The van der Waals surface area contributed by atoms with E-state index >= 15 is 0 Å². The highest BCUT2D eigenvalue weighted by molar-refractivity contribution is 9.10. The van der Waals surface area contributed by atoms with Crippen molar-refractivity contribution in [1.82, 2.24) is 5.32 Å². The second-order valence-corrected chi connectivity index (χ2v) is 7.58. The number of ether oxygens (including phenoxy) is 1. The number of aliphatic hydroxyl groups is 1. The maximum absolute atomic E-state index is 10.3. The summed E-state index contributed by atoms with van der Waals surface area (Å²) in [6.45, 7) is 1.50. The van der Waals surface area contributed by atoms with Crippen molar-refractivity contribution in [2.75, 3.05) is 6.54 Å². The Bertz CT molecular complexity index is 873. The number of hydrogen-bond donors (Lipinski definition) is 2. The molecule has 1 atom stereocenters. The second kappa shape index (κ2) is 9.90. The minimum atomic E-state index is -0.547. The zero-order valence-corrected chi connectivity index (χ0v) is 17.1. The molecule has 0 aliphatic heterocycles. The molecule has 3 aromatic carbocycles. The SMILES string of the molecule is O[C@@H](CNCc1cc(Br)ccc1OCc1cccc(Cl)c1)c1ccccc1. The van der Waals surface area contributed by atoms with Crippen LogP contribution in [0.5, 0.6) is 5.75 Å². The summed E-state index contributed by atoms with van der Waals surface area (Å²) in [6, 6.07) is 23.2. The van der Waals surface area contributed by atoms with Crippen LogP contribution in [0.15, 0.2) is 77.3 Å². The molecular formula is C22H21BrClNO2. The molecule has 0 spiro atoms. The van der Waals surface area contributed by atoms with Crippen LogP contribution in [-0.4, -0.2) is 11.7 Å². The third-order valence-corrected chi connectivity index (χ3v) is 4.87. The van der Waals surface area contributed by atoms with Gasteiger partial charge >= 0.3 is 0 Å². The number of halogens is 2. The highest BCUT2D eigenvalue weighted by atomic mass is 79.9. The molecule has 0 saturated heterocycles. The van der Waals surface area contributed by atoms with Gasteiger partial charge in [-0.05, 0) is 41.5 Å². The van der Waals surface area contributed by atoms with Crippen LogP contribution < -0.4 is 10.1 Å². The molecule has 140 valence electrons. The zero-order chi connectivity index (χ0) is 19.1. The van der Waals surface area contributed by atoms with E-state index in [-0.39, 0.29) is 0 Å². The van der Waals surface area contributed by atoms with Crippen molar-refractivity contribution in [3.63, 3.8) is 0 Å². The quantitative estimate of drug-likeness (QED) is 0.480. The number of rotatable bonds is 8. The average molecular weight is 447 g/mol. The van der Waals surface area contributed by atoms with E-state index in [1.54, 1.807) is 0 Å². The van der Waals surface area contributed by atoms with Crippen LogP contribution in [-0.2, 0) is 13.2 Å². The van der Waals surface area contributed by atoms with Gasteiger partial charge in [0.25, 0.3) is 0 Å². The predicted molar refractivity (Wildman–Crippen MR) is 113 cm³/mol. The molecule has 3 rings (SSSR count). The first-order chi connectivity index (χ1) is 13.1. The van der Waals surface area contributed by atoms with Crippen LogP contribution in [0, 0.1) is 0 Å². The molecule has 5 heteroatoms. The minimum absolute atomic E-state index is 0.446. The molecule has 0 saturated carbocycles.